The van der Waals surface area contributed by atoms with Crippen LogP contribution in [0.2, 0.25) is 5.02 Å². The zero-order valence-corrected chi connectivity index (χ0v) is 18.7. The lowest BCUT2D eigenvalue weighted by Crippen LogP contribution is -2.31. The number of hydrogen-bond donors (Lipinski definition) is 3. The molecule has 2 aromatic rings. The molecule has 6 nitrogen and oxygen atoms in total. The van der Waals surface area contributed by atoms with E-state index in [-0.39, 0.29) is 45.8 Å². The van der Waals surface area contributed by atoms with Crippen LogP contribution in [0.15, 0.2) is 35.2 Å². The van der Waals surface area contributed by atoms with Crippen LogP contribution in [-0.4, -0.2) is 42.0 Å². The van der Waals surface area contributed by atoms with Crippen LogP contribution in [-0.2, 0) is 9.84 Å². The van der Waals surface area contributed by atoms with Crippen LogP contribution < -0.4 is 5.32 Å². The number of amides is 1. The molecule has 2 aliphatic rings. The highest BCUT2D eigenvalue weighted by molar-refractivity contribution is 7.92. The zero-order valence-electron chi connectivity index (χ0n) is 17.1. The first kappa shape index (κ1) is 24.0. The van der Waals surface area contributed by atoms with Crippen molar-refractivity contribution in [3.63, 3.8) is 0 Å². The molecule has 0 heterocycles. The standard InChI is InChI=1S/C22H21ClF3NO5S/c23-14-4-3-12(22(30)27-13-8-15(24)20(26)16(25)9-13)7-19(14)33(31,32)21-10-1-2-11(21)6-18(29)17(28)5-10/h3-4,7-11,17-18,21,28-29H,1-2,5-6H2,(H,27,30)/t10-,11-,17-,18?,21?/m0/s1. The zero-order chi connectivity index (χ0) is 24.1. The summed E-state index contributed by atoms with van der Waals surface area (Å²) in [5.41, 5.74) is -0.482. The van der Waals surface area contributed by atoms with E-state index in [1.807, 2.05) is 0 Å². The average molecular weight is 504 g/mol. The van der Waals surface area contributed by atoms with E-state index in [9.17, 15) is 36.6 Å². The summed E-state index contributed by atoms with van der Waals surface area (Å²) in [6.45, 7) is 0. The number of halogens is 4. The number of aliphatic hydroxyl groups is 2. The Hall–Kier alpha value is -2.14. The Morgan fingerprint density at radius 1 is 0.970 bits per heavy atom. The summed E-state index contributed by atoms with van der Waals surface area (Å²) in [5, 5.41) is 21.4. The second-order valence-corrected chi connectivity index (χ2v) is 11.0. The van der Waals surface area contributed by atoms with Crippen molar-refractivity contribution in [3.8, 4) is 0 Å². The highest BCUT2D eigenvalue weighted by Crippen LogP contribution is 2.47. The molecule has 33 heavy (non-hydrogen) atoms. The van der Waals surface area contributed by atoms with Gasteiger partial charge >= 0.3 is 0 Å². The summed E-state index contributed by atoms with van der Waals surface area (Å²) in [6, 6.07) is 4.77. The molecule has 3 N–H and O–H groups in total. The van der Waals surface area contributed by atoms with Gasteiger partial charge in [0.2, 0.25) is 0 Å². The second kappa shape index (κ2) is 8.90. The van der Waals surface area contributed by atoms with Gasteiger partial charge in [-0.1, -0.05) is 11.6 Å². The first-order chi connectivity index (χ1) is 15.5. The predicted octanol–water partition coefficient (Wildman–Crippen LogP) is 3.69. The molecule has 2 saturated carbocycles. The number of hydrogen-bond acceptors (Lipinski definition) is 5. The van der Waals surface area contributed by atoms with Crippen LogP contribution in [0.5, 0.6) is 0 Å². The highest BCUT2D eigenvalue weighted by atomic mass is 35.5. The third-order valence-corrected chi connectivity index (χ3v) is 9.35. The summed E-state index contributed by atoms with van der Waals surface area (Å²) in [6.07, 6.45) is -0.582. The molecule has 0 aliphatic heterocycles. The molecule has 11 heteroatoms. The lowest BCUT2D eigenvalue weighted by molar-refractivity contribution is 0.00104. The van der Waals surface area contributed by atoms with Crippen LogP contribution >= 0.6 is 11.6 Å². The molecule has 0 spiro atoms. The van der Waals surface area contributed by atoms with Gasteiger partial charge < -0.3 is 15.5 Å². The number of carbonyl (C=O) groups is 1. The monoisotopic (exact) mass is 503 g/mol. The predicted molar refractivity (Wildman–Crippen MR) is 114 cm³/mol. The fourth-order valence-electron chi connectivity index (χ4n) is 4.93. The van der Waals surface area contributed by atoms with E-state index in [1.54, 1.807) is 0 Å². The molecule has 4 rings (SSSR count). The first-order valence-corrected chi connectivity index (χ1v) is 12.3. The molecule has 0 radical (unpaired) electrons. The molecule has 2 aromatic carbocycles. The van der Waals surface area contributed by atoms with Crippen molar-refractivity contribution in [1.29, 1.82) is 0 Å². The van der Waals surface area contributed by atoms with Crippen molar-refractivity contribution in [2.75, 3.05) is 5.32 Å². The molecule has 178 valence electrons. The number of carbonyl (C=O) groups excluding carboxylic acids is 1. The van der Waals surface area contributed by atoms with E-state index < -0.39 is 50.7 Å². The van der Waals surface area contributed by atoms with Gasteiger partial charge in [0.15, 0.2) is 27.3 Å². The average Bonchev–Trinajstić information content (AvgIpc) is 3.08. The van der Waals surface area contributed by atoms with Crippen molar-refractivity contribution >= 4 is 33.0 Å². The van der Waals surface area contributed by atoms with Crippen molar-refractivity contribution in [2.45, 2.75) is 48.0 Å². The summed E-state index contributed by atoms with van der Waals surface area (Å²) in [7, 11) is -4.05. The number of benzene rings is 2. The summed E-state index contributed by atoms with van der Waals surface area (Å²) < 4.78 is 67.2. The number of sulfone groups is 1. The van der Waals surface area contributed by atoms with Crippen molar-refractivity contribution in [1.82, 2.24) is 0 Å². The van der Waals surface area contributed by atoms with E-state index in [0.717, 1.165) is 6.07 Å². The smallest absolute Gasteiger partial charge is 0.255 e. The van der Waals surface area contributed by atoms with Gasteiger partial charge in [0.25, 0.3) is 5.91 Å². The van der Waals surface area contributed by atoms with E-state index in [2.05, 4.69) is 5.32 Å². The maximum atomic E-state index is 13.6. The van der Waals surface area contributed by atoms with Crippen molar-refractivity contribution < 1.29 is 36.6 Å². The van der Waals surface area contributed by atoms with E-state index in [0.29, 0.717) is 25.0 Å². The first-order valence-electron chi connectivity index (χ1n) is 10.3. The fraction of sp³-hybridized carbons (Fsp3) is 0.409. The Balaban J connectivity index is 1.65. The lowest BCUT2D eigenvalue weighted by Gasteiger charge is -2.23. The van der Waals surface area contributed by atoms with Crippen molar-refractivity contribution in [3.05, 3.63) is 58.4 Å². The molecular formula is C22H21ClF3NO5S. The largest absolute Gasteiger partial charge is 0.390 e. The topological polar surface area (TPSA) is 104 Å². The third-order valence-electron chi connectivity index (χ3n) is 6.47. The van der Waals surface area contributed by atoms with Gasteiger partial charge in [0.1, 0.15) is 0 Å². The lowest BCUT2D eigenvalue weighted by atomic mass is 9.96. The number of aliphatic hydroxyl groups excluding tert-OH is 2. The number of rotatable bonds is 4. The van der Waals surface area contributed by atoms with Gasteiger partial charge in [0, 0.05) is 23.4 Å². The maximum Gasteiger partial charge on any atom is 0.255 e. The van der Waals surface area contributed by atoms with Crippen LogP contribution in [0.4, 0.5) is 18.9 Å². The molecule has 5 atom stereocenters. The molecule has 2 bridgehead atoms. The minimum absolute atomic E-state index is 0.102. The minimum Gasteiger partial charge on any atom is -0.390 e. The number of nitrogens with one attached hydrogen (secondary N) is 1. The Bertz CT molecular complexity index is 1170. The summed E-state index contributed by atoms with van der Waals surface area (Å²) >= 11 is 6.19. The fourth-order valence-corrected chi connectivity index (χ4v) is 7.80. The van der Waals surface area contributed by atoms with Gasteiger partial charge in [-0.15, -0.1) is 0 Å². The Labute approximate surface area is 193 Å². The van der Waals surface area contributed by atoms with Crippen molar-refractivity contribution in [2.24, 2.45) is 11.8 Å². The van der Waals surface area contributed by atoms with Gasteiger partial charge in [-0.05, 0) is 55.7 Å². The van der Waals surface area contributed by atoms with Crippen LogP contribution in [0, 0.1) is 29.3 Å². The van der Waals surface area contributed by atoms with Crippen LogP contribution in [0.1, 0.15) is 36.0 Å². The molecular weight excluding hydrogens is 483 g/mol. The summed E-state index contributed by atoms with van der Waals surface area (Å²) in [4.78, 5) is 12.3. The SMILES string of the molecule is O=C(Nc1cc(F)c(F)c(F)c1)c1ccc(Cl)c(S(=O)(=O)C2[C@H]3CC[C@H]2C[C@H](O)C(O)C3)c1. The normalized spacial score (nSPS) is 27.3. The van der Waals surface area contributed by atoms with Crippen LogP contribution in [0.3, 0.4) is 0 Å². The quantitative estimate of drug-likeness (QED) is 0.552. The Morgan fingerprint density at radius 3 is 2.06 bits per heavy atom. The maximum absolute atomic E-state index is 13.6. The number of anilines is 1. The summed E-state index contributed by atoms with van der Waals surface area (Å²) in [5.74, 6) is -6.27. The van der Waals surface area contributed by atoms with E-state index in [4.69, 9.17) is 11.6 Å². The second-order valence-electron chi connectivity index (χ2n) is 8.57. The highest BCUT2D eigenvalue weighted by Gasteiger charge is 2.49. The van der Waals surface area contributed by atoms with Gasteiger partial charge in [-0.3, -0.25) is 4.79 Å². The molecule has 1 amide bonds. The third kappa shape index (κ3) is 4.49. The van der Waals surface area contributed by atoms with Gasteiger partial charge in [-0.2, -0.15) is 0 Å². The van der Waals surface area contributed by atoms with E-state index >= 15 is 0 Å². The number of fused-ring (bicyclic) bond motifs is 2. The molecule has 2 unspecified atom stereocenters. The van der Waals surface area contributed by atoms with Gasteiger partial charge in [-0.25, -0.2) is 21.6 Å². The van der Waals surface area contributed by atoms with E-state index in [1.165, 1.54) is 12.1 Å². The minimum atomic E-state index is -4.05. The molecule has 2 aliphatic carbocycles. The van der Waals surface area contributed by atoms with Gasteiger partial charge in [0.05, 0.1) is 27.4 Å². The van der Waals surface area contributed by atoms with Crippen LogP contribution in [0.25, 0.3) is 0 Å². The Morgan fingerprint density at radius 2 is 1.52 bits per heavy atom. The molecule has 0 saturated heterocycles. The Kier molecular flexibility index (Phi) is 6.47. The molecule has 2 fully saturated rings. The molecule has 0 aromatic heterocycles.